The number of aromatic nitrogens is 2. The fourth-order valence-electron chi connectivity index (χ4n) is 1.22. The molecule has 0 bridgehead atoms. The zero-order valence-electron chi connectivity index (χ0n) is 7.70. The smallest absolute Gasteiger partial charge is 0.215 e. The van der Waals surface area contributed by atoms with Crippen molar-refractivity contribution in [3.8, 4) is 5.88 Å². The molecule has 14 heavy (non-hydrogen) atoms. The molecule has 2 aromatic heterocycles. The van der Waals surface area contributed by atoms with Gasteiger partial charge in [-0.05, 0) is 28.9 Å². The highest BCUT2D eigenvalue weighted by Gasteiger charge is 2.01. The molecule has 0 aromatic carbocycles. The zero-order valence-corrected chi connectivity index (χ0v) is 9.28. The number of hydrogen-bond acceptors (Lipinski definition) is 3. The van der Waals surface area contributed by atoms with Crippen molar-refractivity contribution in [2.45, 2.75) is 6.92 Å². The van der Waals surface area contributed by atoms with E-state index in [1.54, 1.807) is 12.4 Å². The van der Waals surface area contributed by atoms with E-state index in [1.165, 1.54) is 0 Å². The topological polar surface area (TPSA) is 35.0 Å². The van der Waals surface area contributed by atoms with E-state index in [4.69, 9.17) is 4.74 Å². The highest BCUT2D eigenvalue weighted by molar-refractivity contribution is 9.10. The first-order valence-electron chi connectivity index (χ1n) is 4.34. The van der Waals surface area contributed by atoms with E-state index in [1.807, 2.05) is 19.1 Å². The molecule has 3 nitrogen and oxygen atoms in total. The molecule has 0 amide bonds. The van der Waals surface area contributed by atoms with Crippen LogP contribution in [-0.2, 0) is 0 Å². The molecule has 0 saturated carbocycles. The number of hydrogen-bond donors (Lipinski definition) is 0. The molecule has 0 aliphatic carbocycles. The minimum Gasteiger partial charge on any atom is -0.478 e. The van der Waals surface area contributed by atoms with Gasteiger partial charge in [0, 0.05) is 28.3 Å². The number of nitrogens with zero attached hydrogens (tertiary/aromatic N) is 2. The fraction of sp³-hybridized carbons (Fsp3) is 0.200. The molecule has 0 N–H and O–H groups in total. The molecule has 0 fully saturated rings. The van der Waals surface area contributed by atoms with Crippen molar-refractivity contribution >= 4 is 26.8 Å². The average molecular weight is 253 g/mol. The van der Waals surface area contributed by atoms with Crippen molar-refractivity contribution < 1.29 is 4.74 Å². The van der Waals surface area contributed by atoms with Crippen LogP contribution >= 0.6 is 15.9 Å². The summed E-state index contributed by atoms with van der Waals surface area (Å²) >= 11 is 3.44. The molecule has 0 unspecified atom stereocenters. The Balaban J connectivity index is 2.56. The van der Waals surface area contributed by atoms with E-state index >= 15 is 0 Å². The van der Waals surface area contributed by atoms with E-state index in [-0.39, 0.29) is 0 Å². The molecule has 0 aliphatic heterocycles. The van der Waals surface area contributed by atoms with Gasteiger partial charge < -0.3 is 4.74 Å². The van der Waals surface area contributed by atoms with Crippen LogP contribution in [0.2, 0.25) is 0 Å². The van der Waals surface area contributed by atoms with Gasteiger partial charge in [0.25, 0.3) is 0 Å². The van der Waals surface area contributed by atoms with E-state index in [0.717, 1.165) is 15.4 Å². The monoisotopic (exact) mass is 252 g/mol. The number of halogens is 1. The second kappa shape index (κ2) is 3.92. The first-order valence-corrected chi connectivity index (χ1v) is 5.13. The summed E-state index contributed by atoms with van der Waals surface area (Å²) in [6, 6.07) is 3.73. The number of fused-ring (bicyclic) bond motifs is 1. The van der Waals surface area contributed by atoms with Crippen LogP contribution < -0.4 is 4.74 Å². The van der Waals surface area contributed by atoms with Gasteiger partial charge >= 0.3 is 0 Å². The summed E-state index contributed by atoms with van der Waals surface area (Å²) in [5.74, 6) is 0.616. The van der Waals surface area contributed by atoms with Crippen LogP contribution in [0.4, 0.5) is 0 Å². The number of ether oxygens (including phenoxy) is 1. The van der Waals surface area contributed by atoms with E-state index in [0.29, 0.717) is 12.5 Å². The second-order valence-corrected chi connectivity index (χ2v) is 3.62. The van der Waals surface area contributed by atoms with Gasteiger partial charge in [-0.3, -0.25) is 4.98 Å². The predicted octanol–water partition coefficient (Wildman–Crippen LogP) is 2.79. The second-order valence-electron chi connectivity index (χ2n) is 2.77. The summed E-state index contributed by atoms with van der Waals surface area (Å²) in [6.07, 6.45) is 3.51. The van der Waals surface area contributed by atoms with Gasteiger partial charge in [-0.1, -0.05) is 0 Å². The molecule has 2 rings (SSSR count). The maximum Gasteiger partial charge on any atom is 0.215 e. The summed E-state index contributed by atoms with van der Waals surface area (Å²) in [4.78, 5) is 8.40. The lowest BCUT2D eigenvalue weighted by Crippen LogP contribution is -1.94. The summed E-state index contributed by atoms with van der Waals surface area (Å²) in [6.45, 7) is 2.55. The third-order valence-corrected chi connectivity index (χ3v) is 2.53. The lowest BCUT2D eigenvalue weighted by Gasteiger charge is -2.03. The van der Waals surface area contributed by atoms with Crippen molar-refractivity contribution in [2.24, 2.45) is 0 Å². The predicted molar refractivity (Wildman–Crippen MR) is 58.4 cm³/mol. The Labute approximate surface area is 90.3 Å². The Bertz CT molecular complexity index is 459. The molecule has 2 aromatic rings. The molecule has 0 aliphatic rings. The molecule has 0 atom stereocenters. The molecule has 0 saturated heterocycles. The highest BCUT2D eigenvalue weighted by atomic mass is 79.9. The normalized spacial score (nSPS) is 10.4. The SMILES string of the molecule is CCOc1cc2nccc(Br)c2cn1. The Morgan fingerprint density at radius 3 is 3.07 bits per heavy atom. The minimum absolute atomic E-state index is 0.616. The van der Waals surface area contributed by atoms with E-state index in [2.05, 4.69) is 25.9 Å². The van der Waals surface area contributed by atoms with Gasteiger partial charge in [0.2, 0.25) is 5.88 Å². The lowest BCUT2D eigenvalue weighted by atomic mass is 10.3. The van der Waals surface area contributed by atoms with Crippen LogP contribution in [0.5, 0.6) is 5.88 Å². The van der Waals surface area contributed by atoms with Crippen LogP contribution in [0, 0.1) is 0 Å². The van der Waals surface area contributed by atoms with Gasteiger partial charge in [-0.25, -0.2) is 4.98 Å². The van der Waals surface area contributed by atoms with Gasteiger partial charge in [0.15, 0.2) is 0 Å². The zero-order chi connectivity index (χ0) is 9.97. The number of rotatable bonds is 2. The summed E-state index contributed by atoms with van der Waals surface area (Å²) in [7, 11) is 0. The first kappa shape index (κ1) is 9.40. The number of pyridine rings is 2. The van der Waals surface area contributed by atoms with Crippen LogP contribution in [0.25, 0.3) is 10.9 Å². The van der Waals surface area contributed by atoms with Gasteiger partial charge in [-0.2, -0.15) is 0 Å². The summed E-state index contributed by atoms with van der Waals surface area (Å²) < 4.78 is 6.29. The molecular formula is C10H9BrN2O. The molecule has 0 spiro atoms. The Morgan fingerprint density at radius 2 is 2.29 bits per heavy atom. The van der Waals surface area contributed by atoms with Crippen LogP contribution in [0.1, 0.15) is 6.92 Å². The summed E-state index contributed by atoms with van der Waals surface area (Å²) in [5.41, 5.74) is 0.887. The van der Waals surface area contributed by atoms with E-state index < -0.39 is 0 Å². The summed E-state index contributed by atoms with van der Waals surface area (Å²) in [5, 5.41) is 0.996. The highest BCUT2D eigenvalue weighted by Crippen LogP contribution is 2.23. The van der Waals surface area contributed by atoms with Crippen molar-refractivity contribution in [1.82, 2.24) is 9.97 Å². The lowest BCUT2D eigenvalue weighted by molar-refractivity contribution is 0.327. The Hall–Kier alpha value is -1.16. The van der Waals surface area contributed by atoms with Crippen molar-refractivity contribution in [2.75, 3.05) is 6.61 Å². The Morgan fingerprint density at radius 1 is 1.43 bits per heavy atom. The maximum atomic E-state index is 5.29. The first-order chi connectivity index (χ1) is 6.81. The quantitative estimate of drug-likeness (QED) is 0.825. The molecule has 72 valence electrons. The van der Waals surface area contributed by atoms with Gasteiger partial charge in [0.05, 0.1) is 12.1 Å². The van der Waals surface area contributed by atoms with Gasteiger partial charge in [0.1, 0.15) is 0 Å². The average Bonchev–Trinajstić information content (AvgIpc) is 2.18. The van der Waals surface area contributed by atoms with Gasteiger partial charge in [-0.15, -0.1) is 0 Å². The van der Waals surface area contributed by atoms with Crippen molar-refractivity contribution in [3.05, 3.63) is 29.0 Å². The fourth-order valence-corrected chi connectivity index (χ4v) is 1.64. The molecule has 0 radical (unpaired) electrons. The third kappa shape index (κ3) is 1.70. The van der Waals surface area contributed by atoms with Crippen molar-refractivity contribution in [3.63, 3.8) is 0 Å². The van der Waals surface area contributed by atoms with Crippen molar-refractivity contribution in [1.29, 1.82) is 0 Å². The maximum absolute atomic E-state index is 5.29. The Kier molecular flexibility index (Phi) is 2.63. The third-order valence-electron chi connectivity index (χ3n) is 1.84. The van der Waals surface area contributed by atoms with Crippen LogP contribution in [-0.4, -0.2) is 16.6 Å². The van der Waals surface area contributed by atoms with E-state index in [9.17, 15) is 0 Å². The van der Waals surface area contributed by atoms with Crippen LogP contribution in [0.3, 0.4) is 0 Å². The molecule has 2 heterocycles. The standard InChI is InChI=1S/C10H9BrN2O/c1-2-14-10-5-9-7(6-13-10)8(11)3-4-12-9/h3-6H,2H2,1H3. The van der Waals surface area contributed by atoms with Crippen LogP contribution in [0.15, 0.2) is 29.0 Å². The molecule has 4 heteroatoms. The minimum atomic E-state index is 0.616. The molecular weight excluding hydrogens is 244 g/mol. The largest absolute Gasteiger partial charge is 0.478 e.